The number of fused-ring (bicyclic) bond motifs is 1. The summed E-state index contributed by atoms with van der Waals surface area (Å²) in [6.07, 6.45) is 0.620. The summed E-state index contributed by atoms with van der Waals surface area (Å²) in [5.74, 6) is 1.01. The Hall–Kier alpha value is -2.36. The Bertz CT molecular complexity index is 977. The van der Waals surface area contributed by atoms with E-state index >= 15 is 0 Å². The molecule has 0 aromatic carbocycles. The van der Waals surface area contributed by atoms with Crippen molar-refractivity contribution in [1.29, 1.82) is 0 Å². The number of anilines is 1. The molecule has 6 nitrogen and oxygen atoms in total. The summed E-state index contributed by atoms with van der Waals surface area (Å²) >= 11 is 0. The van der Waals surface area contributed by atoms with Crippen LogP contribution in [-0.4, -0.2) is 57.8 Å². The molecule has 10 heteroatoms. The lowest BCUT2D eigenvalue weighted by molar-refractivity contribution is -0.0494. The van der Waals surface area contributed by atoms with Crippen molar-refractivity contribution < 1.29 is 22.3 Å². The van der Waals surface area contributed by atoms with Gasteiger partial charge in [-0.15, -0.1) is 0 Å². The first-order chi connectivity index (χ1) is 15.2. The third-order valence-corrected chi connectivity index (χ3v) is 7.14. The largest absolute Gasteiger partial charge is 0.431 e. The molecule has 3 heterocycles. The Morgan fingerprint density at radius 2 is 1.75 bits per heavy atom. The van der Waals surface area contributed by atoms with E-state index < -0.39 is 19.0 Å². The number of alkyl halides is 4. The fourth-order valence-corrected chi connectivity index (χ4v) is 5.60. The van der Waals surface area contributed by atoms with Gasteiger partial charge >= 0.3 is 6.61 Å². The summed E-state index contributed by atoms with van der Waals surface area (Å²) in [6, 6.07) is 3.78. The Morgan fingerprint density at radius 3 is 2.34 bits per heavy atom. The molecule has 2 aromatic rings. The normalized spacial score (nSPS) is 32.1. The van der Waals surface area contributed by atoms with Crippen LogP contribution in [0.1, 0.15) is 44.3 Å². The van der Waals surface area contributed by atoms with Gasteiger partial charge in [0.25, 0.3) is 0 Å². The van der Waals surface area contributed by atoms with Crippen LogP contribution in [0.2, 0.25) is 0 Å². The van der Waals surface area contributed by atoms with Gasteiger partial charge in [-0.2, -0.15) is 13.9 Å². The summed E-state index contributed by atoms with van der Waals surface area (Å²) in [5, 5.41) is 4.72. The molecule has 0 spiro atoms. The average Bonchev–Trinajstić information content (AvgIpc) is 3.13. The maximum atomic E-state index is 13.6. The summed E-state index contributed by atoms with van der Waals surface area (Å²) in [6.45, 7) is 1.48. The van der Waals surface area contributed by atoms with Gasteiger partial charge in [0.15, 0.2) is 11.6 Å². The molecule has 3 aliphatic rings. The zero-order chi connectivity index (χ0) is 22.7. The minimum atomic E-state index is -2.99. The van der Waals surface area contributed by atoms with E-state index in [-0.39, 0.29) is 36.7 Å². The van der Waals surface area contributed by atoms with E-state index in [0.717, 1.165) is 18.5 Å². The summed E-state index contributed by atoms with van der Waals surface area (Å²) in [5.41, 5.74) is 7.94. The van der Waals surface area contributed by atoms with Crippen LogP contribution in [0, 0.1) is 11.8 Å². The topological polar surface area (TPSA) is 69.2 Å². The van der Waals surface area contributed by atoms with E-state index in [9.17, 15) is 17.6 Å². The first-order valence-electron chi connectivity index (χ1n) is 11.0. The predicted octanol–water partition coefficient (Wildman–Crippen LogP) is 4.19. The SMILES string of the molecule is CC(C)n1nc(-c2cnc(N)c(OC(F)F)c2)cc1[C@H]1[C@@H]2C[C@H](N3CC(F)[C@H](F)C3)C[C@@H]21. The highest BCUT2D eigenvalue weighted by Gasteiger charge is 2.59. The highest BCUT2D eigenvalue weighted by atomic mass is 19.3. The van der Waals surface area contributed by atoms with Crippen molar-refractivity contribution in [3.05, 3.63) is 24.0 Å². The van der Waals surface area contributed by atoms with Crippen molar-refractivity contribution in [2.24, 2.45) is 11.8 Å². The predicted molar refractivity (Wildman–Crippen MR) is 111 cm³/mol. The highest BCUT2D eigenvalue weighted by Crippen LogP contribution is 2.64. The number of aromatic nitrogens is 3. The second-order valence-electron chi connectivity index (χ2n) is 9.44. The smallest absolute Gasteiger partial charge is 0.387 e. The van der Waals surface area contributed by atoms with Crippen LogP contribution < -0.4 is 10.5 Å². The van der Waals surface area contributed by atoms with Gasteiger partial charge in [0.2, 0.25) is 0 Å². The van der Waals surface area contributed by atoms with Gasteiger partial charge in [-0.05, 0) is 50.7 Å². The third-order valence-electron chi connectivity index (χ3n) is 7.14. The zero-order valence-corrected chi connectivity index (χ0v) is 18.0. The molecule has 0 radical (unpaired) electrons. The van der Waals surface area contributed by atoms with Gasteiger partial charge in [-0.25, -0.2) is 13.8 Å². The van der Waals surface area contributed by atoms with Crippen LogP contribution in [0.3, 0.4) is 0 Å². The fraction of sp³-hybridized carbons (Fsp3) is 0.636. The molecule has 2 aromatic heterocycles. The molecule has 1 aliphatic heterocycles. The Kier molecular flexibility index (Phi) is 5.30. The van der Waals surface area contributed by atoms with Gasteiger partial charge in [-0.1, -0.05) is 0 Å². The molecule has 3 fully saturated rings. The minimum Gasteiger partial charge on any atom is -0.431 e. The fourth-order valence-electron chi connectivity index (χ4n) is 5.60. The molecule has 5 rings (SSSR count). The average molecular weight is 453 g/mol. The highest BCUT2D eigenvalue weighted by molar-refractivity contribution is 5.64. The van der Waals surface area contributed by atoms with E-state index in [1.54, 1.807) is 0 Å². The van der Waals surface area contributed by atoms with Crippen molar-refractivity contribution in [2.45, 2.75) is 63.6 Å². The summed E-state index contributed by atoms with van der Waals surface area (Å²) in [7, 11) is 0. The molecule has 1 saturated heterocycles. The molecular formula is C22H27F4N5O. The van der Waals surface area contributed by atoms with Crippen LogP contribution >= 0.6 is 0 Å². The quantitative estimate of drug-likeness (QED) is 0.665. The molecule has 2 N–H and O–H groups in total. The van der Waals surface area contributed by atoms with Crippen LogP contribution in [0.5, 0.6) is 5.75 Å². The Morgan fingerprint density at radius 1 is 1.09 bits per heavy atom. The third kappa shape index (κ3) is 3.72. The molecule has 2 saturated carbocycles. The molecular weight excluding hydrogens is 426 g/mol. The Balaban J connectivity index is 1.35. The molecule has 2 aliphatic carbocycles. The lowest BCUT2D eigenvalue weighted by Gasteiger charge is -2.25. The van der Waals surface area contributed by atoms with Crippen LogP contribution in [-0.2, 0) is 0 Å². The van der Waals surface area contributed by atoms with Crippen molar-refractivity contribution >= 4 is 5.82 Å². The summed E-state index contributed by atoms with van der Waals surface area (Å²) < 4.78 is 59.0. The van der Waals surface area contributed by atoms with Gasteiger partial charge in [0.1, 0.15) is 12.3 Å². The minimum absolute atomic E-state index is 0.103. The van der Waals surface area contributed by atoms with Crippen LogP contribution in [0.25, 0.3) is 11.3 Å². The zero-order valence-electron chi connectivity index (χ0n) is 18.0. The number of nitrogen functional groups attached to an aromatic ring is 1. The first-order valence-corrected chi connectivity index (χ1v) is 11.0. The standard InChI is InChI=1S/C22H27F4N5O/c1-10(2)31-18(6-17(29-31)11-3-19(32-22(25)26)21(27)28-7-11)20-13-4-12(5-14(13)20)30-8-15(23)16(24)9-30/h3,6-7,10,12-16,20,22H,4-5,8-9H2,1-2H3,(H2,27,28)/t12-,13+,14-,15-,16?,20-/m1/s1. The van der Waals surface area contributed by atoms with Gasteiger partial charge in [0, 0.05) is 48.5 Å². The lowest BCUT2D eigenvalue weighted by Crippen LogP contribution is -2.33. The lowest BCUT2D eigenvalue weighted by atomic mass is 10.0. The molecule has 0 amide bonds. The van der Waals surface area contributed by atoms with Crippen molar-refractivity contribution in [3.63, 3.8) is 0 Å². The van der Waals surface area contributed by atoms with E-state index in [0.29, 0.717) is 29.0 Å². The first kappa shape index (κ1) is 21.5. The van der Waals surface area contributed by atoms with E-state index in [4.69, 9.17) is 10.8 Å². The molecule has 0 bridgehead atoms. The van der Waals surface area contributed by atoms with Crippen molar-refractivity contribution in [2.75, 3.05) is 18.8 Å². The monoisotopic (exact) mass is 453 g/mol. The number of hydrogen-bond donors (Lipinski definition) is 1. The maximum absolute atomic E-state index is 13.6. The van der Waals surface area contributed by atoms with E-state index in [1.807, 2.05) is 29.5 Å². The number of pyridine rings is 1. The van der Waals surface area contributed by atoms with Crippen LogP contribution in [0.15, 0.2) is 18.3 Å². The maximum Gasteiger partial charge on any atom is 0.387 e. The summed E-state index contributed by atoms with van der Waals surface area (Å²) in [4.78, 5) is 5.95. The van der Waals surface area contributed by atoms with Crippen molar-refractivity contribution in [3.8, 4) is 17.0 Å². The number of halogens is 4. The molecule has 6 atom stereocenters. The molecule has 32 heavy (non-hydrogen) atoms. The second-order valence-corrected chi connectivity index (χ2v) is 9.44. The van der Waals surface area contributed by atoms with Gasteiger partial charge < -0.3 is 10.5 Å². The number of rotatable bonds is 6. The van der Waals surface area contributed by atoms with E-state index in [1.165, 1.54) is 12.3 Å². The number of nitrogens with two attached hydrogens (primary N) is 1. The number of nitrogens with zero attached hydrogens (tertiary/aromatic N) is 4. The van der Waals surface area contributed by atoms with E-state index in [2.05, 4.69) is 9.72 Å². The number of likely N-dealkylation sites (tertiary alicyclic amines) is 1. The number of hydrogen-bond acceptors (Lipinski definition) is 5. The van der Waals surface area contributed by atoms with Gasteiger partial charge in [0.05, 0.1) is 5.69 Å². The van der Waals surface area contributed by atoms with Crippen molar-refractivity contribution in [1.82, 2.24) is 19.7 Å². The second kappa shape index (κ2) is 7.90. The molecule has 1 unspecified atom stereocenters. The van der Waals surface area contributed by atoms with Crippen LogP contribution in [0.4, 0.5) is 23.4 Å². The molecule has 174 valence electrons. The Labute approximate surface area is 183 Å². The van der Waals surface area contributed by atoms with Gasteiger partial charge in [-0.3, -0.25) is 9.58 Å². The number of ether oxygens (including phenoxy) is 1.